The second-order valence-electron chi connectivity index (χ2n) is 8.28. The molecule has 2 rings (SSSR count). The zero-order valence-corrected chi connectivity index (χ0v) is 21.7. The normalized spacial score (nSPS) is 10.9. The quantitative estimate of drug-likeness (QED) is 0.100. The number of nitro benzene ring substituents is 2. The first kappa shape index (κ1) is 30.9. The molecule has 0 N–H and O–H groups in total. The molecule has 0 saturated carbocycles. The maximum absolute atomic E-state index is 11.1. The highest BCUT2D eigenvalue weighted by Crippen LogP contribution is 2.25. The van der Waals surface area contributed by atoms with Crippen molar-refractivity contribution in [3.8, 4) is 11.4 Å². The Hall–Kier alpha value is -3.12. The molecular weight excluding hydrogens is 490 g/mol. The Labute approximate surface area is 212 Å². The molecule has 2 aromatic rings. The second-order valence-corrected chi connectivity index (χ2v) is 9.81. The molecule has 0 bridgehead atoms. The molecule has 0 radical (unpaired) electrons. The predicted octanol–water partition coefficient (Wildman–Crippen LogP) is 5.24. The molecule has 0 saturated heterocycles. The SMILES string of the molecule is CCCCCCCCCCCCS(=O)(=O)[O-].COc1ccc[n+](-c2ccc([N+](=O)[O-])cc2[N+](=O)[O-])c1. The van der Waals surface area contributed by atoms with E-state index in [2.05, 4.69) is 6.92 Å². The van der Waals surface area contributed by atoms with Crippen LogP contribution in [0.4, 0.5) is 11.4 Å². The van der Waals surface area contributed by atoms with Crippen molar-refractivity contribution in [2.75, 3.05) is 12.9 Å². The average Bonchev–Trinajstić information content (AvgIpc) is 2.84. The van der Waals surface area contributed by atoms with Gasteiger partial charge in [0, 0.05) is 24.0 Å². The number of hydrogen-bond acceptors (Lipinski definition) is 8. The second kappa shape index (κ2) is 16.5. The lowest BCUT2D eigenvalue weighted by Crippen LogP contribution is -2.30. The Bertz CT molecular complexity index is 1080. The van der Waals surface area contributed by atoms with Crippen LogP contribution in [-0.4, -0.2) is 35.7 Å². The number of pyridine rings is 1. The summed E-state index contributed by atoms with van der Waals surface area (Å²) < 4.78 is 37.4. The summed E-state index contributed by atoms with van der Waals surface area (Å²) in [5, 5.41) is 21.7. The molecule has 1 aromatic carbocycles. The van der Waals surface area contributed by atoms with Crippen LogP contribution in [0.5, 0.6) is 5.75 Å². The number of unbranched alkanes of at least 4 members (excludes halogenated alkanes) is 9. The van der Waals surface area contributed by atoms with Crippen LogP contribution in [0.25, 0.3) is 5.69 Å². The summed E-state index contributed by atoms with van der Waals surface area (Å²) in [6, 6.07) is 6.82. The lowest BCUT2D eigenvalue weighted by molar-refractivity contribution is -0.601. The largest absolute Gasteiger partial charge is 0.748 e. The van der Waals surface area contributed by atoms with Gasteiger partial charge >= 0.3 is 5.69 Å². The van der Waals surface area contributed by atoms with Gasteiger partial charge in [0.2, 0.25) is 6.20 Å². The average molecular weight is 526 g/mol. The number of hydrogen-bond donors (Lipinski definition) is 0. The standard InChI is InChI=1S/C12H10N3O5.C12H26O3S/c1-20-10-3-2-6-13(8-10)11-5-4-9(14(16)17)7-12(11)15(18)19;1-2-3-4-5-6-7-8-9-10-11-12-16(13,14)15/h2-8H,1H3;2-12H2,1H3,(H,13,14,15)/q+1;/p-1. The van der Waals surface area contributed by atoms with E-state index in [1.54, 1.807) is 24.5 Å². The number of rotatable bonds is 15. The Morgan fingerprint density at radius 1 is 0.889 bits per heavy atom. The molecule has 1 aromatic heterocycles. The maximum Gasteiger partial charge on any atom is 0.347 e. The van der Waals surface area contributed by atoms with Crippen LogP contribution in [-0.2, 0) is 10.1 Å². The van der Waals surface area contributed by atoms with E-state index in [9.17, 15) is 33.2 Å². The Morgan fingerprint density at radius 3 is 1.97 bits per heavy atom. The molecule has 0 aliphatic rings. The van der Waals surface area contributed by atoms with Crippen LogP contribution >= 0.6 is 0 Å². The number of nitro groups is 2. The van der Waals surface area contributed by atoms with Crippen molar-refractivity contribution in [2.24, 2.45) is 0 Å². The third-order valence-electron chi connectivity index (χ3n) is 5.40. The predicted molar refractivity (Wildman–Crippen MR) is 134 cm³/mol. The van der Waals surface area contributed by atoms with Crippen molar-refractivity contribution in [1.29, 1.82) is 0 Å². The topological polar surface area (TPSA) is 157 Å². The maximum atomic E-state index is 11.1. The molecule has 11 nitrogen and oxygen atoms in total. The molecular formula is C24H35N3O8S. The monoisotopic (exact) mass is 525 g/mol. The van der Waals surface area contributed by atoms with Gasteiger partial charge in [-0.15, -0.1) is 0 Å². The van der Waals surface area contributed by atoms with E-state index in [1.165, 1.54) is 68.8 Å². The van der Waals surface area contributed by atoms with E-state index in [1.807, 2.05) is 0 Å². The van der Waals surface area contributed by atoms with Gasteiger partial charge in [0.05, 0.1) is 27.1 Å². The van der Waals surface area contributed by atoms with Gasteiger partial charge in [-0.25, -0.2) is 8.42 Å². The number of methoxy groups -OCH3 is 1. The fraction of sp³-hybridized carbons (Fsp3) is 0.542. The summed E-state index contributed by atoms with van der Waals surface area (Å²) in [5.41, 5.74) is -0.458. The number of benzene rings is 1. The minimum absolute atomic E-state index is 0.191. The first-order chi connectivity index (χ1) is 17.1. The smallest absolute Gasteiger partial charge is 0.347 e. The summed E-state index contributed by atoms with van der Waals surface area (Å²) in [6.07, 6.45) is 14.6. The van der Waals surface area contributed by atoms with Crippen molar-refractivity contribution >= 4 is 21.5 Å². The van der Waals surface area contributed by atoms with Crippen molar-refractivity contribution in [2.45, 2.75) is 71.1 Å². The summed E-state index contributed by atoms with van der Waals surface area (Å²) in [5.74, 6) is 0.323. The fourth-order valence-corrected chi connectivity index (χ4v) is 4.04. The third kappa shape index (κ3) is 12.5. The van der Waals surface area contributed by atoms with E-state index >= 15 is 0 Å². The Morgan fingerprint density at radius 2 is 1.47 bits per heavy atom. The zero-order valence-electron chi connectivity index (χ0n) is 20.8. The van der Waals surface area contributed by atoms with E-state index in [-0.39, 0.29) is 22.8 Å². The van der Waals surface area contributed by atoms with Crippen molar-refractivity contribution < 1.29 is 32.1 Å². The van der Waals surface area contributed by atoms with Crippen LogP contribution < -0.4 is 9.30 Å². The van der Waals surface area contributed by atoms with Gasteiger partial charge in [0.15, 0.2) is 11.9 Å². The molecule has 1 heterocycles. The van der Waals surface area contributed by atoms with Crippen LogP contribution in [0, 0.1) is 20.2 Å². The number of nitrogens with zero attached hydrogens (tertiary/aromatic N) is 3. The first-order valence-electron chi connectivity index (χ1n) is 12.0. The molecule has 12 heteroatoms. The van der Waals surface area contributed by atoms with Gasteiger partial charge in [-0.05, 0) is 12.5 Å². The molecule has 200 valence electrons. The molecule has 0 aliphatic carbocycles. The van der Waals surface area contributed by atoms with Crippen LogP contribution in [0.1, 0.15) is 71.1 Å². The summed E-state index contributed by atoms with van der Waals surface area (Å²) in [7, 11) is -2.51. The summed E-state index contributed by atoms with van der Waals surface area (Å²) in [4.78, 5) is 20.4. The minimum atomic E-state index is -3.98. The van der Waals surface area contributed by atoms with Gasteiger partial charge in [-0.3, -0.25) is 20.2 Å². The summed E-state index contributed by atoms with van der Waals surface area (Å²) in [6.45, 7) is 2.21. The van der Waals surface area contributed by atoms with Gasteiger partial charge < -0.3 is 9.29 Å². The highest BCUT2D eigenvalue weighted by molar-refractivity contribution is 7.85. The van der Waals surface area contributed by atoms with Gasteiger partial charge in [0.1, 0.15) is 6.07 Å². The highest BCUT2D eigenvalue weighted by Gasteiger charge is 2.26. The van der Waals surface area contributed by atoms with Gasteiger partial charge in [0.25, 0.3) is 11.4 Å². The first-order valence-corrected chi connectivity index (χ1v) is 13.6. The lowest BCUT2D eigenvalue weighted by Gasteiger charge is -2.05. The van der Waals surface area contributed by atoms with E-state index in [0.717, 1.165) is 18.9 Å². The van der Waals surface area contributed by atoms with E-state index < -0.39 is 20.0 Å². The molecule has 0 amide bonds. The third-order valence-corrected chi connectivity index (χ3v) is 6.19. The van der Waals surface area contributed by atoms with Gasteiger partial charge in [-0.2, -0.15) is 4.57 Å². The number of non-ortho nitro benzene ring substituents is 1. The molecule has 0 atom stereocenters. The van der Waals surface area contributed by atoms with Crippen molar-refractivity contribution in [1.82, 2.24) is 0 Å². The summed E-state index contributed by atoms with van der Waals surface area (Å²) >= 11 is 0. The molecule has 0 fully saturated rings. The van der Waals surface area contributed by atoms with Crippen LogP contribution in [0.2, 0.25) is 0 Å². The minimum Gasteiger partial charge on any atom is -0.748 e. The fourth-order valence-electron chi connectivity index (χ4n) is 3.48. The number of aromatic nitrogens is 1. The molecule has 0 unspecified atom stereocenters. The van der Waals surface area contributed by atoms with Crippen LogP contribution in [0.3, 0.4) is 0 Å². The Balaban J connectivity index is 0.000000371. The van der Waals surface area contributed by atoms with E-state index in [0.29, 0.717) is 12.2 Å². The lowest BCUT2D eigenvalue weighted by atomic mass is 10.1. The Kier molecular flexibility index (Phi) is 14.2. The number of ether oxygens (including phenoxy) is 1. The molecule has 0 aliphatic heterocycles. The zero-order chi connectivity index (χ0) is 27.0. The van der Waals surface area contributed by atoms with Crippen molar-refractivity contribution in [3.05, 3.63) is 63.0 Å². The van der Waals surface area contributed by atoms with Crippen LogP contribution in [0.15, 0.2) is 42.7 Å². The highest BCUT2D eigenvalue weighted by atomic mass is 32.2. The van der Waals surface area contributed by atoms with Crippen molar-refractivity contribution in [3.63, 3.8) is 0 Å². The molecule has 36 heavy (non-hydrogen) atoms. The van der Waals surface area contributed by atoms with Gasteiger partial charge in [-0.1, -0.05) is 64.7 Å². The molecule has 0 spiro atoms. The van der Waals surface area contributed by atoms with E-state index in [4.69, 9.17) is 4.74 Å².